The van der Waals surface area contributed by atoms with Gasteiger partial charge in [-0.2, -0.15) is 0 Å². The Morgan fingerprint density at radius 3 is 2.97 bits per heavy atom. The molecule has 12 heteroatoms. The molecule has 2 aromatic heterocycles. The minimum atomic E-state index is -1.39. The van der Waals surface area contributed by atoms with Crippen molar-refractivity contribution in [1.29, 1.82) is 0 Å². The number of hydrogen-bond acceptors (Lipinski definition) is 9. The fourth-order valence-electron chi connectivity index (χ4n) is 3.46. The monoisotopic (exact) mass is 450 g/mol. The summed E-state index contributed by atoms with van der Waals surface area (Å²) in [6.45, 7) is 4.17. The number of aryl methyl sites for hydroxylation is 1. The average Bonchev–Trinajstić information content (AvgIpc) is 3.36. The number of anilines is 1. The molecule has 0 radical (unpaired) electrons. The summed E-state index contributed by atoms with van der Waals surface area (Å²) in [5.41, 5.74) is -0.666. The molecule has 2 aromatic rings. The number of pyridine rings is 1. The van der Waals surface area contributed by atoms with Crippen molar-refractivity contribution in [2.75, 3.05) is 24.4 Å². The maximum atomic E-state index is 12.2. The van der Waals surface area contributed by atoms with Gasteiger partial charge in [0.15, 0.2) is 0 Å². The van der Waals surface area contributed by atoms with Gasteiger partial charge < -0.3 is 18.5 Å². The molecular formula is C19H23N4O7P. The smallest absolute Gasteiger partial charge is 0.330 e. The van der Waals surface area contributed by atoms with Crippen LogP contribution in [-0.4, -0.2) is 52.5 Å². The van der Waals surface area contributed by atoms with Crippen molar-refractivity contribution in [2.45, 2.75) is 38.7 Å². The summed E-state index contributed by atoms with van der Waals surface area (Å²) in [4.78, 5) is 42.1. The van der Waals surface area contributed by atoms with Gasteiger partial charge in [-0.25, -0.2) is 9.78 Å². The van der Waals surface area contributed by atoms with Crippen LogP contribution in [0.2, 0.25) is 0 Å². The van der Waals surface area contributed by atoms with Crippen LogP contribution in [0.25, 0.3) is 0 Å². The Kier molecular flexibility index (Phi) is 6.47. The van der Waals surface area contributed by atoms with Gasteiger partial charge in [-0.1, -0.05) is 6.07 Å². The van der Waals surface area contributed by atoms with E-state index in [1.54, 1.807) is 13.1 Å². The molecule has 0 amide bonds. The lowest BCUT2D eigenvalue weighted by Crippen LogP contribution is -2.33. The molecule has 0 saturated carbocycles. The third-order valence-electron chi connectivity index (χ3n) is 4.92. The maximum absolute atomic E-state index is 12.2. The molecule has 11 nitrogen and oxygen atoms in total. The number of carbonyl (C=O) groups excluding carboxylic acids is 1. The molecule has 2 aliphatic heterocycles. The van der Waals surface area contributed by atoms with E-state index < -0.39 is 44.2 Å². The molecule has 0 bridgehead atoms. The van der Waals surface area contributed by atoms with Gasteiger partial charge in [0.1, 0.15) is 24.3 Å². The Bertz CT molecular complexity index is 1040. The molecule has 0 aliphatic carbocycles. The molecule has 0 spiro atoms. The van der Waals surface area contributed by atoms with E-state index in [9.17, 15) is 14.4 Å². The zero-order valence-electron chi connectivity index (χ0n) is 17.1. The number of H-pyrrole nitrogens is 1. The van der Waals surface area contributed by atoms with E-state index >= 15 is 0 Å². The predicted molar refractivity (Wildman–Crippen MR) is 111 cm³/mol. The second kappa shape index (κ2) is 9.27. The molecule has 2 saturated heterocycles. The number of hydrogen-bond donors (Lipinski definition) is 1. The number of nitrogens with one attached hydrogen (secondary N) is 1. The largest absolute Gasteiger partial charge is 0.460 e. The second-order valence-corrected chi connectivity index (χ2v) is 8.64. The number of rotatable bonds is 6. The summed E-state index contributed by atoms with van der Waals surface area (Å²) in [6, 6.07) is 5.60. The van der Waals surface area contributed by atoms with Crippen molar-refractivity contribution < 1.29 is 23.3 Å². The minimum Gasteiger partial charge on any atom is -0.460 e. The fraction of sp³-hybridized carbons (Fsp3) is 0.474. The predicted octanol–water partition coefficient (Wildman–Crippen LogP) is 1.24. The van der Waals surface area contributed by atoms with Crippen molar-refractivity contribution in [1.82, 2.24) is 14.5 Å². The highest BCUT2D eigenvalue weighted by Gasteiger charge is 2.41. The lowest BCUT2D eigenvalue weighted by Gasteiger charge is -2.24. The zero-order valence-corrected chi connectivity index (χ0v) is 18.0. The van der Waals surface area contributed by atoms with Crippen LogP contribution >= 0.6 is 8.53 Å². The van der Waals surface area contributed by atoms with Gasteiger partial charge in [0, 0.05) is 31.3 Å². The van der Waals surface area contributed by atoms with Crippen molar-refractivity contribution in [3.05, 3.63) is 57.0 Å². The fourth-order valence-corrected chi connectivity index (χ4v) is 4.86. The van der Waals surface area contributed by atoms with Crippen LogP contribution < -0.4 is 15.9 Å². The van der Waals surface area contributed by atoms with E-state index in [-0.39, 0.29) is 13.0 Å². The number of aromatic amines is 1. The molecule has 31 heavy (non-hydrogen) atoms. The van der Waals surface area contributed by atoms with Gasteiger partial charge in [0.05, 0.1) is 19.8 Å². The molecule has 1 unspecified atom stereocenters. The number of nitrogens with zero attached hydrogens (tertiary/aromatic N) is 3. The molecule has 4 atom stereocenters. The van der Waals surface area contributed by atoms with Gasteiger partial charge in [-0.05, 0) is 19.1 Å². The van der Waals surface area contributed by atoms with Crippen LogP contribution in [0.3, 0.4) is 0 Å². The Morgan fingerprint density at radius 2 is 2.23 bits per heavy atom. The number of esters is 1. The lowest BCUT2D eigenvalue weighted by atomic mass is 10.2. The van der Waals surface area contributed by atoms with E-state index in [0.717, 1.165) is 5.82 Å². The van der Waals surface area contributed by atoms with Crippen molar-refractivity contribution >= 4 is 20.3 Å². The quantitative estimate of drug-likeness (QED) is 0.511. The van der Waals surface area contributed by atoms with Crippen LogP contribution in [0.1, 0.15) is 25.1 Å². The highest BCUT2D eigenvalue weighted by Crippen LogP contribution is 2.49. The van der Waals surface area contributed by atoms with Gasteiger partial charge in [-0.3, -0.25) is 23.8 Å². The van der Waals surface area contributed by atoms with E-state index in [0.29, 0.717) is 18.7 Å². The normalized spacial score (nSPS) is 25.7. The van der Waals surface area contributed by atoms with Crippen LogP contribution in [0.5, 0.6) is 0 Å². The van der Waals surface area contributed by atoms with E-state index in [1.807, 2.05) is 22.9 Å². The maximum Gasteiger partial charge on any atom is 0.330 e. The first kappa shape index (κ1) is 21.6. The molecule has 4 heterocycles. The molecule has 0 aromatic carbocycles. The Morgan fingerprint density at radius 1 is 1.39 bits per heavy atom. The van der Waals surface area contributed by atoms with Gasteiger partial charge >= 0.3 is 11.7 Å². The molecule has 1 N–H and O–H groups in total. The molecule has 2 aliphatic rings. The Labute approximate surface area is 178 Å². The lowest BCUT2D eigenvalue weighted by molar-refractivity contribution is -0.150. The van der Waals surface area contributed by atoms with Gasteiger partial charge in [0.2, 0.25) is 0 Å². The molecular weight excluding hydrogens is 427 g/mol. The summed E-state index contributed by atoms with van der Waals surface area (Å²) >= 11 is 0. The van der Waals surface area contributed by atoms with Crippen LogP contribution in [-0.2, 0) is 23.3 Å². The Balaban J connectivity index is 1.47. The van der Waals surface area contributed by atoms with E-state index in [4.69, 9.17) is 18.5 Å². The first-order valence-electron chi connectivity index (χ1n) is 9.81. The Hall–Kier alpha value is -2.59. The third-order valence-corrected chi connectivity index (χ3v) is 6.49. The summed E-state index contributed by atoms with van der Waals surface area (Å²) in [5.74, 6) is 0.297. The van der Waals surface area contributed by atoms with Crippen molar-refractivity contribution in [3.8, 4) is 0 Å². The highest BCUT2D eigenvalue weighted by molar-refractivity contribution is 7.49. The summed E-state index contributed by atoms with van der Waals surface area (Å²) in [5, 5.41) is 0. The number of aromatic nitrogens is 3. The minimum absolute atomic E-state index is 0.0978. The van der Waals surface area contributed by atoms with Crippen LogP contribution in [0, 0.1) is 6.92 Å². The number of ether oxygens (including phenoxy) is 2. The second-order valence-electron chi connectivity index (χ2n) is 7.17. The van der Waals surface area contributed by atoms with E-state index in [1.165, 1.54) is 17.7 Å². The molecule has 2 fully saturated rings. The summed E-state index contributed by atoms with van der Waals surface area (Å²) in [7, 11) is -1.39. The summed E-state index contributed by atoms with van der Waals surface area (Å²) in [6.07, 6.45) is 1.47. The van der Waals surface area contributed by atoms with Crippen LogP contribution in [0.4, 0.5) is 5.82 Å². The number of carbonyl (C=O) groups is 1. The third kappa shape index (κ3) is 4.85. The first-order chi connectivity index (χ1) is 14.9. The van der Waals surface area contributed by atoms with Crippen LogP contribution in [0.15, 0.2) is 40.2 Å². The van der Waals surface area contributed by atoms with Gasteiger partial charge in [0.25, 0.3) is 14.1 Å². The standard InChI is InChI=1S/C19H23N4O7P/c1-12-10-22(19(26)21-18(12)25)17-9-14(29-13(2)24)15(30-17)11-28-31-23(7-8-27-31)16-5-3-4-6-20-16/h3-6,10,14-15,17H,7-9,11H2,1-2H3,(H,21,25,26)/t14-,15+,17+,31?/m0/s1. The summed E-state index contributed by atoms with van der Waals surface area (Å²) < 4.78 is 26.4. The SMILES string of the molecule is CC(=O)O[C@H]1C[C@H](n2cc(C)c(=O)[nH]c2=O)O[C@@H]1COP1OCCN1c1ccccn1. The van der Waals surface area contributed by atoms with Crippen molar-refractivity contribution in [2.24, 2.45) is 0 Å². The topological polar surface area (TPSA) is 125 Å². The zero-order chi connectivity index (χ0) is 22.0. The molecule has 4 rings (SSSR count). The van der Waals surface area contributed by atoms with Gasteiger partial charge in [-0.15, -0.1) is 0 Å². The van der Waals surface area contributed by atoms with Crippen molar-refractivity contribution in [3.63, 3.8) is 0 Å². The molecule has 166 valence electrons. The average molecular weight is 450 g/mol. The highest BCUT2D eigenvalue weighted by atomic mass is 31.2. The first-order valence-corrected chi connectivity index (χ1v) is 10.9. The van der Waals surface area contributed by atoms with E-state index in [2.05, 4.69) is 9.97 Å².